The zero-order valence-electron chi connectivity index (χ0n) is 20.2. The molecular weight excluding hydrogens is 404 g/mol. The molecule has 30 heavy (non-hydrogen) atoms. The molecule has 2 aromatic rings. The molecule has 1 N–H and O–H groups in total. The number of aryl methyl sites for hydroxylation is 2. The van der Waals surface area contributed by atoms with Crippen LogP contribution in [0.1, 0.15) is 76.0 Å². The van der Waals surface area contributed by atoms with Gasteiger partial charge in [-0.05, 0) is 63.4 Å². The molecule has 4 heteroatoms. The van der Waals surface area contributed by atoms with Crippen LogP contribution in [0.3, 0.4) is 0 Å². The molecule has 0 unspecified atom stereocenters. The number of unbranched alkanes of at least 4 members (excludes halogenated alkanes) is 1. The fraction of sp³-hybridized carbons (Fsp3) is 0.577. The molecule has 166 valence electrons. The first-order valence-corrected chi connectivity index (χ1v) is 15.2. The fourth-order valence-corrected chi connectivity index (χ4v) is 8.10. The van der Waals surface area contributed by atoms with Gasteiger partial charge >= 0.3 is 0 Å². The van der Waals surface area contributed by atoms with Gasteiger partial charge in [0.1, 0.15) is 12.0 Å². The Morgan fingerprint density at radius 1 is 0.967 bits per heavy atom. The van der Waals surface area contributed by atoms with E-state index in [9.17, 15) is 9.90 Å². The zero-order valence-corrected chi connectivity index (χ0v) is 22.0. The second kappa shape index (κ2) is 9.40. The highest BCUT2D eigenvalue weighted by Gasteiger charge is 2.28. The van der Waals surface area contributed by atoms with Crippen molar-refractivity contribution in [3.63, 3.8) is 0 Å². The van der Waals surface area contributed by atoms with Crippen molar-refractivity contribution in [1.29, 1.82) is 0 Å². The van der Waals surface area contributed by atoms with E-state index in [1.807, 2.05) is 11.3 Å². The van der Waals surface area contributed by atoms with Gasteiger partial charge in [0.05, 0.1) is 8.07 Å². The Balaban J connectivity index is 2.24. The molecule has 0 saturated carbocycles. The number of thiophene rings is 1. The summed E-state index contributed by atoms with van der Waals surface area (Å²) in [6, 6.07) is 10.2. The van der Waals surface area contributed by atoms with E-state index in [0.29, 0.717) is 12.2 Å². The third-order valence-corrected chi connectivity index (χ3v) is 11.8. The third-order valence-electron chi connectivity index (χ3n) is 5.90. The van der Waals surface area contributed by atoms with E-state index >= 15 is 0 Å². The summed E-state index contributed by atoms with van der Waals surface area (Å²) in [6.07, 6.45) is 4.67. The number of aldehydes is 1. The molecule has 0 saturated heterocycles. The van der Waals surface area contributed by atoms with Crippen LogP contribution in [0.25, 0.3) is 0 Å². The van der Waals surface area contributed by atoms with E-state index in [1.165, 1.54) is 16.5 Å². The van der Waals surface area contributed by atoms with Crippen molar-refractivity contribution in [3.8, 4) is 5.75 Å². The predicted molar refractivity (Wildman–Crippen MR) is 134 cm³/mol. The molecule has 2 nitrogen and oxygen atoms in total. The fourth-order valence-electron chi connectivity index (χ4n) is 3.80. The highest BCUT2D eigenvalue weighted by molar-refractivity contribution is 7.26. The summed E-state index contributed by atoms with van der Waals surface area (Å²) in [5.41, 5.74) is 3.27. The minimum Gasteiger partial charge on any atom is -0.507 e. The molecular formula is C26H40O2SSi. The molecule has 0 aliphatic carbocycles. The van der Waals surface area contributed by atoms with Crippen LogP contribution >= 0.6 is 11.3 Å². The first-order valence-electron chi connectivity index (χ1n) is 11.2. The summed E-state index contributed by atoms with van der Waals surface area (Å²) in [4.78, 5) is 12.0. The monoisotopic (exact) mass is 444 g/mol. The molecule has 0 spiro atoms. The van der Waals surface area contributed by atoms with Crippen LogP contribution in [0, 0.1) is 0 Å². The van der Waals surface area contributed by atoms with Gasteiger partial charge in [0, 0.05) is 11.3 Å². The van der Waals surface area contributed by atoms with Crippen molar-refractivity contribution in [2.75, 3.05) is 0 Å². The summed E-state index contributed by atoms with van der Waals surface area (Å²) in [7, 11) is -1.54. The van der Waals surface area contributed by atoms with Gasteiger partial charge in [-0.1, -0.05) is 72.8 Å². The van der Waals surface area contributed by atoms with Gasteiger partial charge in [0.25, 0.3) is 0 Å². The Bertz CT molecular complexity index is 831. The predicted octanol–water partition coefficient (Wildman–Crippen LogP) is 6.73. The Hall–Kier alpha value is -1.39. The van der Waals surface area contributed by atoms with Crippen molar-refractivity contribution in [1.82, 2.24) is 0 Å². The summed E-state index contributed by atoms with van der Waals surface area (Å²) in [5.74, 6) is 0.466. The Morgan fingerprint density at radius 2 is 1.53 bits per heavy atom. The van der Waals surface area contributed by atoms with E-state index in [2.05, 4.69) is 78.9 Å². The Morgan fingerprint density at radius 3 is 2.03 bits per heavy atom. The van der Waals surface area contributed by atoms with Crippen LogP contribution in [0.2, 0.25) is 19.1 Å². The molecule has 1 heterocycles. The van der Waals surface area contributed by atoms with Crippen LogP contribution in [0.5, 0.6) is 5.75 Å². The molecule has 0 bridgehead atoms. The van der Waals surface area contributed by atoms with E-state index in [-0.39, 0.29) is 10.8 Å². The number of aromatic hydroxyl groups is 1. The summed E-state index contributed by atoms with van der Waals surface area (Å²) < 4.78 is 1.55. The maximum Gasteiger partial charge on any atom is 0.123 e. The largest absolute Gasteiger partial charge is 0.507 e. The lowest BCUT2D eigenvalue weighted by molar-refractivity contribution is -0.107. The van der Waals surface area contributed by atoms with Crippen molar-refractivity contribution in [2.24, 2.45) is 0 Å². The summed E-state index contributed by atoms with van der Waals surface area (Å²) in [6.45, 7) is 18.0. The minimum absolute atomic E-state index is 0.0861. The van der Waals surface area contributed by atoms with Crippen LogP contribution < -0.4 is 4.50 Å². The van der Waals surface area contributed by atoms with Crippen LogP contribution in [0.15, 0.2) is 24.3 Å². The number of hydrogen-bond acceptors (Lipinski definition) is 3. The van der Waals surface area contributed by atoms with Crippen LogP contribution in [-0.4, -0.2) is 19.5 Å². The highest BCUT2D eigenvalue weighted by Crippen LogP contribution is 2.40. The molecule has 1 aromatic heterocycles. The van der Waals surface area contributed by atoms with E-state index < -0.39 is 8.07 Å². The van der Waals surface area contributed by atoms with Gasteiger partial charge in [-0.3, -0.25) is 0 Å². The van der Waals surface area contributed by atoms with E-state index in [4.69, 9.17) is 0 Å². The number of phenols is 1. The maximum absolute atomic E-state index is 11.0. The summed E-state index contributed by atoms with van der Waals surface area (Å²) in [5, 5.41) is 11.0. The van der Waals surface area contributed by atoms with Crippen molar-refractivity contribution >= 4 is 30.2 Å². The lowest BCUT2D eigenvalue weighted by atomic mass is 9.78. The number of carbonyl (C=O) groups excluding carboxylic acids is 1. The lowest BCUT2D eigenvalue weighted by Crippen LogP contribution is -2.39. The minimum atomic E-state index is -1.54. The third kappa shape index (κ3) is 6.30. The smallest absolute Gasteiger partial charge is 0.123 e. The number of carbonyl (C=O) groups is 1. The van der Waals surface area contributed by atoms with Crippen molar-refractivity contribution in [2.45, 2.75) is 97.2 Å². The first kappa shape index (κ1) is 24.9. The maximum atomic E-state index is 11.0. The summed E-state index contributed by atoms with van der Waals surface area (Å²) >= 11 is 1.95. The van der Waals surface area contributed by atoms with Crippen LogP contribution in [-0.2, 0) is 28.5 Å². The topological polar surface area (TPSA) is 37.3 Å². The first-order chi connectivity index (χ1) is 13.8. The number of hydrogen-bond donors (Lipinski definition) is 1. The van der Waals surface area contributed by atoms with Gasteiger partial charge in [-0.2, -0.15) is 11.3 Å². The van der Waals surface area contributed by atoms with Gasteiger partial charge in [-0.25, -0.2) is 0 Å². The molecule has 0 fully saturated rings. The van der Waals surface area contributed by atoms with Crippen molar-refractivity contribution in [3.05, 3.63) is 45.8 Å². The van der Waals surface area contributed by atoms with Crippen molar-refractivity contribution < 1.29 is 9.90 Å². The number of rotatable bonds is 8. The molecule has 0 radical (unpaired) electrons. The van der Waals surface area contributed by atoms with Gasteiger partial charge in [-0.15, -0.1) is 0 Å². The second-order valence-electron chi connectivity index (χ2n) is 11.2. The van der Waals surface area contributed by atoms with Gasteiger partial charge in [0.15, 0.2) is 0 Å². The van der Waals surface area contributed by atoms with Gasteiger partial charge in [0.2, 0.25) is 0 Å². The molecule has 0 atom stereocenters. The van der Waals surface area contributed by atoms with E-state index in [0.717, 1.165) is 36.7 Å². The Kier molecular flexibility index (Phi) is 7.79. The molecule has 0 aliphatic heterocycles. The highest BCUT2D eigenvalue weighted by atomic mass is 32.1. The molecule has 0 aliphatic rings. The van der Waals surface area contributed by atoms with E-state index in [1.54, 1.807) is 4.50 Å². The average Bonchev–Trinajstić information content (AvgIpc) is 3.09. The standard InChI is InChI=1S/C26H40O2SSi/c1-25(2,3)21-17-19(18-22(24(21)28)26(4,5)6)14-16-30(7,8)23-13-12-20(29-23)11-9-10-15-27/h12-13,15,17-18,28H,9-11,14,16H2,1-8H3. The Labute approximate surface area is 188 Å². The molecule has 0 amide bonds. The quantitative estimate of drug-likeness (QED) is 0.278. The second-order valence-corrected chi connectivity index (χ2v) is 17.6. The van der Waals surface area contributed by atoms with Crippen LogP contribution in [0.4, 0.5) is 0 Å². The number of benzene rings is 1. The lowest BCUT2D eigenvalue weighted by Gasteiger charge is -2.29. The zero-order chi connectivity index (χ0) is 22.7. The molecule has 2 rings (SSSR count). The SMILES string of the molecule is CC(C)(C)c1cc(CC[Si](C)(C)c2ccc(CCCC=O)s2)cc(C(C)(C)C)c1O. The average molecular weight is 445 g/mol. The number of phenolic OH excluding ortho intramolecular Hbond substituents is 1. The molecule has 1 aromatic carbocycles. The van der Waals surface area contributed by atoms with Gasteiger partial charge < -0.3 is 9.90 Å². The normalized spacial score (nSPS) is 12.9.